The van der Waals surface area contributed by atoms with Crippen molar-refractivity contribution in [3.8, 4) is 0 Å². The Morgan fingerprint density at radius 1 is 0.938 bits per heavy atom. The van der Waals surface area contributed by atoms with Crippen molar-refractivity contribution in [3.05, 3.63) is 78.6 Å². The fraction of sp³-hybridized carbons (Fsp3) is 0.320. The summed E-state index contributed by atoms with van der Waals surface area (Å²) in [5, 5.41) is 3.31. The van der Waals surface area contributed by atoms with Crippen molar-refractivity contribution < 1.29 is 0 Å². The van der Waals surface area contributed by atoms with Crippen molar-refractivity contribution in [2.75, 3.05) is 36.4 Å². The van der Waals surface area contributed by atoms with Gasteiger partial charge in [0.05, 0.1) is 11.0 Å². The number of fused-ring (bicyclic) bond motifs is 1. The number of imidazole rings is 1. The predicted octanol–water partition coefficient (Wildman–Crippen LogP) is 3.94. The van der Waals surface area contributed by atoms with Crippen LogP contribution in [-0.4, -0.2) is 57.1 Å². The minimum atomic E-state index is 0.456. The molecule has 1 aliphatic heterocycles. The molecule has 2 aromatic heterocycles. The van der Waals surface area contributed by atoms with E-state index in [1.165, 1.54) is 5.56 Å². The Bertz CT molecular complexity index is 1070. The van der Waals surface area contributed by atoms with Gasteiger partial charge in [0.2, 0.25) is 11.9 Å². The van der Waals surface area contributed by atoms with Gasteiger partial charge in [-0.05, 0) is 36.6 Å². The largest absolute Gasteiger partial charge is 0.353 e. The SMILES string of the molecule is c1ccc(CN(c2nc3ccccc3[nH]2)C2CCN(CCNc3ncccn3)CC2)cc1. The second-order valence-electron chi connectivity index (χ2n) is 8.26. The van der Waals surface area contributed by atoms with Gasteiger partial charge in [-0.3, -0.25) is 0 Å². The third kappa shape index (κ3) is 4.89. The highest BCUT2D eigenvalue weighted by Crippen LogP contribution is 2.26. The molecule has 0 atom stereocenters. The molecule has 1 fully saturated rings. The van der Waals surface area contributed by atoms with Crippen molar-refractivity contribution >= 4 is 22.9 Å². The van der Waals surface area contributed by atoms with Crippen molar-refractivity contribution in [1.29, 1.82) is 0 Å². The molecule has 32 heavy (non-hydrogen) atoms. The summed E-state index contributed by atoms with van der Waals surface area (Å²) in [6, 6.07) is 21.2. The zero-order valence-electron chi connectivity index (χ0n) is 18.2. The minimum Gasteiger partial charge on any atom is -0.353 e. The summed E-state index contributed by atoms with van der Waals surface area (Å²) in [5.41, 5.74) is 3.42. The molecule has 164 valence electrons. The zero-order chi connectivity index (χ0) is 21.6. The number of likely N-dealkylation sites (tertiary alicyclic amines) is 1. The first-order chi connectivity index (χ1) is 15.8. The number of rotatable bonds is 8. The van der Waals surface area contributed by atoms with Crippen LogP contribution in [0.3, 0.4) is 0 Å². The Morgan fingerprint density at radius 3 is 2.47 bits per heavy atom. The van der Waals surface area contributed by atoms with E-state index in [0.717, 1.165) is 62.5 Å². The number of nitrogens with zero attached hydrogens (tertiary/aromatic N) is 5. The lowest BCUT2D eigenvalue weighted by Crippen LogP contribution is -2.46. The Morgan fingerprint density at radius 2 is 1.69 bits per heavy atom. The fourth-order valence-corrected chi connectivity index (χ4v) is 4.40. The summed E-state index contributed by atoms with van der Waals surface area (Å²) in [5.74, 6) is 1.66. The molecule has 0 radical (unpaired) electrons. The maximum Gasteiger partial charge on any atom is 0.222 e. The maximum atomic E-state index is 4.92. The highest BCUT2D eigenvalue weighted by molar-refractivity contribution is 5.77. The zero-order valence-corrected chi connectivity index (χ0v) is 18.2. The molecular weight excluding hydrogens is 398 g/mol. The molecule has 1 aliphatic rings. The van der Waals surface area contributed by atoms with E-state index in [1.54, 1.807) is 12.4 Å². The molecule has 3 heterocycles. The van der Waals surface area contributed by atoms with Gasteiger partial charge in [0.25, 0.3) is 0 Å². The van der Waals surface area contributed by atoms with E-state index in [-0.39, 0.29) is 0 Å². The molecule has 4 aromatic rings. The average Bonchev–Trinajstić information content (AvgIpc) is 3.28. The van der Waals surface area contributed by atoms with Gasteiger partial charge in [0.15, 0.2) is 0 Å². The molecule has 0 unspecified atom stereocenters. The summed E-state index contributed by atoms with van der Waals surface area (Å²) < 4.78 is 0. The number of H-pyrrole nitrogens is 1. The quantitative estimate of drug-likeness (QED) is 0.444. The van der Waals surface area contributed by atoms with E-state index >= 15 is 0 Å². The lowest BCUT2D eigenvalue weighted by atomic mass is 10.0. The number of piperidine rings is 1. The standard InChI is InChI=1S/C25H29N7/c1-2-7-20(8-3-1)19-32(25-29-22-9-4-5-10-23(22)30-25)21-11-16-31(17-12-21)18-15-28-24-26-13-6-14-27-24/h1-10,13-14,21H,11-12,15-19H2,(H,29,30)(H,26,27,28). The summed E-state index contributed by atoms with van der Waals surface area (Å²) in [6.45, 7) is 4.86. The topological polar surface area (TPSA) is 73.0 Å². The number of anilines is 2. The number of hydrogen-bond donors (Lipinski definition) is 2. The smallest absolute Gasteiger partial charge is 0.222 e. The minimum absolute atomic E-state index is 0.456. The summed E-state index contributed by atoms with van der Waals surface area (Å²) >= 11 is 0. The summed E-state index contributed by atoms with van der Waals surface area (Å²) in [7, 11) is 0. The Hall–Kier alpha value is -3.45. The van der Waals surface area contributed by atoms with Crippen molar-refractivity contribution in [1.82, 2.24) is 24.8 Å². The molecule has 0 amide bonds. The number of benzene rings is 2. The van der Waals surface area contributed by atoms with E-state index in [1.807, 2.05) is 12.1 Å². The van der Waals surface area contributed by atoms with Crippen LogP contribution in [0.25, 0.3) is 11.0 Å². The van der Waals surface area contributed by atoms with E-state index in [2.05, 4.69) is 78.6 Å². The molecule has 7 heteroatoms. The second kappa shape index (κ2) is 9.78. The normalized spacial score (nSPS) is 15.1. The van der Waals surface area contributed by atoms with Gasteiger partial charge >= 0.3 is 0 Å². The van der Waals surface area contributed by atoms with Crippen molar-refractivity contribution in [2.45, 2.75) is 25.4 Å². The molecule has 0 bridgehead atoms. The van der Waals surface area contributed by atoms with Crippen LogP contribution in [0, 0.1) is 0 Å². The van der Waals surface area contributed by atoms with E-state index in [9.17, 15) is 0 Å². The molecule has 2 aromatic carbocycles. The predicted molar refractivity (Wildman–Crippen MR) is 129 cm³/mol. The monoisotopic (exact) mass is 427 g/mol. The highest BCUT2D eigenvalue weighted by atomic mass is 15.3. The molecule has 0 saturated carbocycles. The molecule has 2 N–H and O–H groups in total. The van der Waals surface area contributed by atoms with Gasteiger partial charge in [-0.25, -0.2) is 15.0 Å². The number of para-hydroxylation sites is 2. The van der Waals surface area contributed by atoms with Crippen LogP contribution in [0.4, 0.5) is 11.9 Å². The third-order valence-electron chi connectivity index (χ3n) is 6.12. The number of nitrogens with one attached hydrogen (secondary N) is 2. The van der Waals surface area contributed by atoms with Gasteiger partial charge < -0.3 is 20.1 Å². The van der Waals surface area contributed by atoms with Crippen LogP contribution in [-0.2, 0) is 6.54 Å². The molecule has 7 nitrogen and oxygen atoms in total. The molecule has 5 rings (SSSR count). The third-order valence-corrected chi connectivity index (χ3v) is 6.12. The first kappa shape index (κ1) is 20.5. The second-order valence-corrected chi connectivity index (χ2v) is 8.26. The van der Waals surface area contributed by atoms with Gasteiger partial charge in [0, 0.05) is 51.2 Å². The molecular formula is C25H29N7. The maximum absolute atomic E-state index is 4.92. The van der Waals surface area contributed by atoms with Crippen LogP contribution in [0.1, 0.15) is 18.4 Å². The van der Waals surface area contributed by atoms with Crippen molar-refractivity contribution in [2.24, 2.45) is 0 Å². The highest BCUT2D eigenvalue weighted by Gasteiger charge is 2.26. The first-order valence-electron chi connectivity index (χ1n) is 11.3. The van der Waals surface area contributed by atoms with E-state index in [0.29, 0.717) is 12.0 Å². The molecule has 1 saturated heterocycles. The van der Waals surface area contributed by atoms with Crippen LogP contribution in [0.15, 0.2) is 73.1 Å². The lowest BCUT2D eigenvalue weighted by Gasteiger charge is -2.38. The molecule has 0 spiro atoms. The summed E-state index contributed by atoms with van der Waals surface area (Å²) in [4.78, 5) is 21.9. The van der Waals surface area contributed by atoms with Crippen LogP contribution in [0.2, 0.25) is 0 Å². The van der Waals surface area contributed by atoms with Gasteiger partial charge in [-0.15, -0.1) is 0 Å². The Balaban J connectivity index is 1.24. The van der Waals surface area contributed by atoms with Gasteiger partial charge in [0.1, 0.15) is 0 Å². The van der Waals surface area contributed by atoms with Crippen LogP contribution >= 0.6 is 0 Å². The number of aromatic nitrogens is 4. The fourth-order valence-electron chi connectivity index (χ4n) is 4.40. The van der Waals surface area contributed by atoms with E-state index < -0.39 is 0 Å². The van der Waals surface area contributed by atoms with Crippen LogP contribution in [0.5, 0.6) is 0 Å². The summed E-state index contributed by atoms with van der Waals surface area (Å²) in [6.07, 6.45) is 5.76. The number of hydrogen-bond acceptors (Lipinski definition) is 6. The first-order valence-corrected chi connectivity index (χ1v) is 11.3. The Labute approximate surface area is 188 Å². The van der Waals surface area contributed by atoms with Gasteiger partial charge in [-0.2, -0.15) is 0 Å². The van der Waals surface area contributed by atoms with Gasteiger partial charge in [-0.1, -0.05) is 42.5 Å². The van der Waals surface area contributed by atoms with E-state index in [4.69, 9.17) is 4.98 Å². The molecule has 0 aliphatic carbocycles. The Kier molecular flexibility index (Phi) is 6.25. The van der Waals surface area contributed by atoms with Crippen LogP contribution < -0.4 is 10.2 Å². The van der Waals surface area contributed by atoms with Crippen molar-refractivity contribution in [3.63, 3.8) is 0 Å². The average molecular weight is 428 g/mol. The lowest BCUT2D eigenvalue weighted by molar-refractivity contribution is 0.214. The number of aromatic amines is 1.